The van der Waals surface area contributed by atoms with Crippen molar-refractivity contribution in [3.05, 3.63) is 25.0 Å². The van der Waals surface area contributed by atoms with Gasteiger partial charge in [-0.1, -0.05) is 15.9 Å². The Bertz CT molecular complexity index is 464. The van der Waals surface area contributed by atoms with Crippen LogP contribution in [0.5, 0.6) is 5.75 Å². The summed E-state index contributed by atoms with van der Waals surface area (Å²) in [6.45, 7) is 0.247. The van der Waals surface area contributed by atoms with Crippen LogP contribution in [0.1, 0.15) is 11.6 Å². The van der Waals surface area contributed by atoms with Gasteiger partial charge in [0, 0.05) is 10.0 Å². The van der Waals surface area contributed by atoms with Gasteiger partial charge < -0.3 is 15.2 Å². The number of carbonyl (C=O) groups excluding carboxylic acids is 1. The molecule has 0 spiro atoms. The molecule has 16 heavy (non-hydrogen) atoms. The summed E-state index contributed by atoms with van der Waals surface area (Å²) < 4.78 is 6.69. The predicted octanol–water partition coefficient (Wildman–Crippen LogP) is 3.46. The number of rotatable bonds is 1. The molecule has 1 amide bonds. The first-order valence-electron chi connectivity index (χ1n) is 4.30. The Kier molecular flexibility index (Phi) is 3.46. The Morgan fingerprint density at radius 3 is 2.62 bits per heavy atom. The molecule has 1 fully saturated rings. The van der Waals surface area contributed by atoms with Crippen LogP contribution in [0, 0.1) is 0 Å². The second-order valence-electron chi connectivity index (χ2n) is 3.21. The highest BCUT2D eigenvalue weighted by Crippen LogP contribution is 2.42. The summed E-state index contributed by atoms with van der Waals surface area (Å²) in [5.41, 5.74) is 0.756. The summed E-state index contributed by atoms with van der Waals surface area (Å²) in [7, 11) is 0. The molecule has 86 valence electrons. The fourth-order valence-corrected chi connectivity index (χ4v) is 4.13. The number of benzene rings is 1. The third-order valence-electron chi connectivity index (χ3n) is 2.20. The molecule has 1 atom stereocenters. The van der Waals surface area contributed by atoms with Crippen molar-refractivity contribution in [2.24, 2.45) is 0 Å². The first kappa shape index (κ1) is 12.2. The molecule has 0 aromatic heterocycles. The Morgan fingerprint density at radius 1 is 1.38 bits per heavy atom. The number of amides is 1. The van der Waals surface area contributed by atoms with Crippen LogP contribution < -0.4 is 5.32 Å². The molecule has 1 aromatic carbocycles. The van der Waals surface area contributed by atoms with Crippen molar-refractivity contribution in [2.45, 2.75) is 6.04 Å². The van der Waals surface area contributed by atoms with Gasteiger partial charge in [-0.2, -0.15) is 0 Å². The Labute approximate surface area is 117 Å². The number of nitrogens with one attached hydrogen (secondary N) is 1. The monoisotopic (exact) mass is 413 g/mol. The molecule has 2 rings (SSSR count). The molecule has 0 aliphatic carbocycles. The van der Waals surface area contributed by atoms with E-state index in [4.69, 9.17) is 4.74 Å². The van der Waals surface area contributed by atoms with Gasteiger partial charge in [0.1, 0.15) is 12.4 Å². The average molecular weight is 416 g/mol. The molecule has 1 aliphatic rings. The van der Waals surface area contributed by atoms with E-state index in [1.807, 2.05) is 0 Å². The number of ether oxygens (including phenoxy) is 1. The lowest BCUT2D eigenvalue weighted by atomic mass is 10.1. The quantitative estimate of drug-likeness (QED) is 0.738. The molecule has 1 aliphatic heterocycles. The molecule has 1 heterocycles. The van der Waals surface area contributed by atoms with Crippen molar-refractivity contribution < 1.29 is 14.6 Å². The molecule has 4 nitrogen and oxygen atoms in total. The van der Waals surface area contributed by atoms with E-state index in [9.17, 15) is 9.90 Å². The van der Waals surface area contributed by atoms with Crippen LogP contribution >= 0.6 is 47.8 Å². The van der Waals surface area contributed by atoms with E-state index < -0.39 is 6.09 Å². The predicted molar refractivity (Wildman–Crippen MR) is 68.4 cm³/mol. The lowest BCUT2D eigenvalue weighted by Crippen LogP contribution is -2.19. The fraction of sp³-hybridized carbons (Fsp3) is 0.222. The van der Waals surface area contributed by atoms with E-state index in [0.717, 1.165) is 10.0 Å². The van der Waals surface area contributed by atoms with Crippen LogP contribution in [0.25, 0.3) is 0 Å². The van der Waals surface area contributed by atoms with Crippen molar-refractivity contribution in [1.82, 2.24) is 5.32 Å². The van der Waals surface area contributed by atoms with Crippen LogP contribution in [-0.2, 0) is 4.74 Å². The SMILES string of the molecule is O=C1N[C@@H](c2c(Br)cc(Br)c(O)c2Br)CO1. The average Bonchev–Trinajstić information content (AvgIpc) is 2.61. The summed E-state index contributed by atoms with van der Waals surface area (Å²) in [4.78, 5) is 11.0. The van der Waals surface area contributed by atoms with Gasteiger partial charge in [-0.3, -0.25) is 0 Å². The van der Waals surface area contributed by atoms with Gasteiger partial charge in [-0.15, -0.1) is 0 Å². The van der Waals surface area contributed by atoms with E-state index in [0.29, 0.717) is 8.95 Å². The minimum absolute atomic E-state index is 0.0966. The standard InChI is InChI=1S/C9H6Br3NO3/c10-3-1-4(11)8(14)7(12)6(3)5-2-16-9(15)13-5/h1,5,14H,2H2,(H,13,15)/t5-/m1/s1. The summed E-state index contributed by atoms with van der Waals surface area (Å²) in [5.74, 6) is 0.0966. The van der Waals surface area contributed by atoms with Gasteiger partial charge >= 0.3 is 6.09 Å². The second kappa shape index (κ2) is 4.54. The lowest BCUT2D eigenvalue weighted by Gasteiger charge is -2.14. The van der Waals surface area contributed by atoms with Crippen molar-refractivity contribution >= 4 is 53.9 Å². The molecule has 1 saturated heterocycles. The fourth-order valence-electron chi connectivity index (χ4n) is 1.45. The van der Waals surface area contributed by atoms with Crippen molar-refractivity contribution in [3.8, 4) is 5.75 Å². The number of hydrogen-bond acceptors (Lipinski definition) is 3. The van der Waals surface area contributed by atoms with E-state index in [2.05, 4.69) is 53.1 Å². The van der Waals surface area contributed by atoms with Crippen LogP contribution in [0.3, 0.4) is 0 Å². The van der Waals surface area contributed by atoms with Gasteiger partial charge in [0.25, 0.3) is 0 Å². The Balaban J connectivity index is 2.48. The van der Waals surface area contributed by atoms with Gasteiger partial charge in [0.2, 0.25) is 0 Å². The molecule has 0 bridgehead atoms. The number of halogens is 3. The maximum Gasteiger partial charge on any atom is 0.407 e. The smallest absolute Gasteiger partial charge is 0.407 e. The third kappa shape index (κ3) is 2.08. The number of carbonyl (C=O) groups is 1. The molecular formula is C9H6Br3NO3. The second-order valence-corrected chi connectivity index (χ2v) is 5.71. The maximum absolute atomic E-state index is 11.0. The van der Waals surface area contributed by atoms with Gasteiger partial charge in [0.05, 0.1) is 15.0 Å². The summed E-state index contributed by atoms with van der Waals surface area (Å²) in [6.07, 6.45) is -0.453. The number of alkyl carbamates (subject to hydrolysis) is 1. The number of aromatic hydroxyl groups is 1. The summed E-state index contributed by atoms with van der Waals surface area (Å²) in [6, 6.07) is 1.45. The largest absolute Gasteiger partial charge is 0.506 e. The lowest BCUT2D eigenvalue weighted by molar-refractivity contribution is 0.177. The van der Waals surface area contributed by atoms with Crippen LogP contribution in [-0.4, -0.2) is 17.8 Å². The van der Waals surface area contributed by atoms with Crippen molar-refractivity contribution in [3.63, 3.8) is 0 Å². The highest BCUT2D eigenvalue weighted by Gasteiger charge is 2.29. The topological polar surface area (TPSA) is 58.6 Å². The van der Waals surface area contributed by atoms with Gasteiger partial charge in [-0.05, 0) is 37.9 Å². The highest BCUT2D eigenvalue weighted by atomic mass is 79.9. The van der Waals surface area contributed by atoms with E-state index in [1.165, 1.54) is 0 Å². The first-order valence-corrected chi connectivity index (χ1v) is 6.68. The zero-order valence-electron chi connectivity index (χ0n) is 7.76. The molecule has 0 unspecified atom stereocenters. The minimum Gasteiger partial charge on any atom is -0.506 e. The van der Waals surface area contributed by atoms with Crippen LogP contribution in [0.4, 0.5) is 4.79 Å². The Morgan fingerprint density at radius 2 is 2.06 bits per heavy atom. The number of hydrogen-bond donors (Lipinski definition) is 2. The molecule has 2 N–H and O–H groups in total. The van der Waals surface area contributed by atoms with E-state index >= 15 is 0 Å². The molecule has 1 aromatic rings. The number of phenols is 1. The number of cyclic esters (lactones) is 1. The van der Waals surface area contributed by atoms with Crippen LogP contribution in [0.2, 0.25) is 0 Å². The Hall–Kier alpha value is -0.270. The van der Waals surface area contributed by atoms with E-state index in [1.54, 1.807) is 6.07 Å². The van der Waals surface area contributed by atoms with Crippen LogP contribution in [0.15, 0.2) is 19.5 Å². The van der Waals surface area contributed by atoms with Crippen molar-refractivity contribution in [2.75, 3.05) is 6.61 Å². The molecule has 0 radical (unpaired) electrons. The molecular weight excluding hydrogens is 410 g/mol. The highest BCUT2D eigenvalue weighted by molar-refractivity contribution is 9.11. The summed E-state index contributed by atoms with van der Waals surface area (Å²) >= 11 is 9.90. The third-order valence-corrected chi connectivity index (χ3v) is 4.27. The zero-order valence-corrected chi connectivity index (χ0v) is 12.5. The molecule has 7 heteroatoms. The first-order chi connectivity index (χ1) is 7.50. The number of phenolic OH excluding ortho intramolecular Hbond substituents is 1. The molecule has 0 saturated carbocycles. The van der Waals surface area contributed by atoms with Gasteiger partial charge in [-0.25, -0.2) is 4.79 Å². The minimum atomic E-state index is -0.453. The van der Waals surface area contributed by atoms with Gasteiger partial charge in [0.15, 0.2) is 0 Å². The van der Waals surface area contributed by atoms with Crippen molar-refractivity contribution in [1.29, 1.82) is 0 Å². The zero-order chi connectivity index (χ0) is 11.9. The maximum atomic E-state index is 11.0. The van der Waals surface area contributed by atoms with E-state index in [-0.39, 0.29) is 18.4 Å². The summed E-state index contributed by atoms with van der Waals surface area (Å²) in [5, 5.41) is 12.4. The normalized spacial score (nSPS) is 19.4.